The first kappa shape index (κ1) is 28.7. The van der Waals surface area contributed by atoms with Crippen molar-refractivity contribution in [2.45, 2.75) is 65.6 Å². The third-order valence-electron chi connectivity index (χ3n) is 8.19. The fraction of sp³-hybridized carbons (Fsp3) is 0.364. The number of halogens is 1. The molecule has 1 aliphatic carbocycles. The lowest BCUT2D eigenvalue weighted by molar-refractivity contribution is 0.443. The number of hydrogen-bond donors (Lipinski definition) is 2. The van der Waals surface area contributed by atoms with Gasteiger partial charge in [-0.1, -0.05) is 49.7 Å². The molecular weight excluding hydrogens is 560 g/mol. The van der Waals surface area contributed by atoms with Crippen molar-refractivity contribution in [3.63, 3.8) is 0 Å². The highest BCUT2D eigenvalue weighted by molar-refractivity contribution is 6.35. The zero-order valence-electron chi connectivity index (χ0n) is 25.1. The van der Waals surface area contributed by atoms with E-state index in [1.165, 1.54) is 0 Å². The van der Waals surface area contributed by atoms with E-state index >= 15 is 0 Å². The summed E-state index contributed by atoms with van der Waals surface area (Å²) in [6, 6.07) is 13.4. The van der Waals surface area contributed by atoms with Crippen LogP contribution >= 0.6 is 11.6 Å². The van der Waals surface area contributed by atoms with Crippen molar-refractivity contribution in [1.29, 1.82) is 5.26 Å². The number of pyridine rings is 2. The molecule has 1 saturated carbocycles. The SMILES string of the molecule is CCn1ccc2c([C@H](Nc3cc(Cl)c4ncc(C#N)c(NCC(C)(C)C)c4c3)c3cn(C4(C)CC4)nn3)cccc2c1=O. The van der Waals surface area contributed by atoms with Crippen molar-refractivity contribution in [2.75, 3.05) is 17.2 Å². The minimum Gasteiger partial charge on any atom is -0.383 e. The Hall–Kier alpha value is -4.42. The van der Waals surface area contributed by atoms with Crippen LogP contribution in [0.1, 0.15) is 70.3 Å². The minimum atomic E-state index is -0.441. The molecule has 2 aromatic carbocycles. The van der Waals surface area contributed by atoms with E-state index in [0.29, 0.717) is 40.3 Å². The lowest BCUT2D eigenvalue weighted by Crippen LogP contribution is -2.20. The average molecular weight is 595 g/mol. The predicted molar refractivity (Wildman–Crippen MR) is 172 cm³/mol. The second-order valence-corrected chi connectivity index (χ2v) is 13.2. The first-order chi connectivity index (χ1) is 20.5. The molecule has 0 aliphatic heterocycles. The number of aromatic nitrogens is 5. The molecule has 0 bridgehead atoms. The molecule has 6 rings (SSSR count). The lowest BCUT2D eigenvalue weighted by Gasteiger charge is -2.23. The van der Waals surface area contributed by atoms with Crippen molar-refractivity contribution < 1.29 is 0 Å². The maximum absolute atomic E-state index is 13.2. The fourth-order valence-electron chi connectivity index (χ4n) is 5.38. The smallest absolute Gasteiger partial charge is 0.258 e. The van der Waals surface area contributed by atoms with Crippen molar-refractivity contribution in [3.05, 3.63) is 87.2 Å². The molecule has 5 aromatic rings. The van der Waals surface area contributed by atoms with E-state index in [4.69, 9.17) is 11.6 Å². The Morgan fingerprint density at radius 3 is 2.65 bits per heavy atom. The third kappa shape index (κ3) is 5.43. The summed E-state index contributed by atoms with van der Waals surface area (Å²) in [7, 11) is 0. The van der Waals surface area contributed by atoms with Gasteiger partial charge in [0.05, 0.1) is 39.6 Å². The molecule has 10 heteroatoms. The first-order valence-electron chi connectivity index (χ1n) is 14.6. The minimum absolute atomic E-state index is 0.0121. The van der Waals surface area contributed by atoms with Crippen LogP contribution in [0.3, 0.4) is 0 Å². The standard InChI is InChI=1S/C33H35ClN8O/c1-6-41-13-10-22-23(8-7-9-24(22)31(41)43)30(27-18-42(40-39-27)33(5)11-12-33)38-21-14-25-28(37-19-32(2,3)4)20(16-35)17-36-29(25)26(34)15-21/h7-10,13-15,17-18,30,38H,6,11-12,19H2,1-5H3,(H,36,37)/t30-/m0/s1. The molecule has 0 spiro atoms. The molecule has 0 unspecified atom stereocenters. The highest BCUT2D eigenvalue weighted by Gasteiger charge is 2.41. The van der Waals surface area contributed by atoms with Crippen LogP contribution in [0.2, 0.25) is 5.02 Å². The van der Waals surface area contributed by atoms with Crippen molar-refractivity contribution in [2.24, 2.45) is 5.41 Å². The molecule has 3 aromatic heterocycles. The molecule has 43 heavy (non-hydrogen) atoms. The van der Waals surface area contributed by atoms with Crippen LogP contribution in [0.4, 0.5) is 11.4 Å². The number of nitriles is 1. The molecule has 1 fully saturated rings. The van der Waals surface area contributed by atoms with E-state index in [0.717, 1.165) is 40.6 Å². The summed E-state index contributed by atoms with van der Waals surface area (Å²) < 4.78 is 3.64. The lowest BCUT2D eigenvalue weighted by atomic mass is 9.96. The highest BCUT2D eigenvalue weighted by atomic mass is 35.5. The Bertz CT molecular complexity index is 1960. The number of aryl methyl sites for hydroxylation is 1. The van der Waals surface area contributed by atoms with Gasteiger partial charge in [-0.3, -0.25) is 9.78 Å². The number of rotatable bonds is 8. The molecule has 1 atom stereocenters. The first-order valence-corrected chi connectivity index (χ1v) is 15.0. The van der Waals surface area contributed by atoms with E-state index in [-0.39, 0.29) is 16.5 Å². The molecule has 0 amide bonds. The Balaban J connectivity index is 1.51. The van der Waals surface area contributed by atoms with Crippen molar-refractivity contribution in [3.8, 4) is 6.07 Å². The number of hydrogen-bond acceptors (Lipinski definition) is 7. The maximum atomic E-state index is 13.2. The molecule has 3 heterocycles. The van der Waals surface area contributed by atoms with Gasteiger partial charge >= 0.3 is 0 Å². The van der Waals surface area contributed by atoms with E-state index in [2.05, 4.69) is 59.7 Å². The Labute approximate surface area is 255 Å². The van der Waals surface area contributed by atoms with Crippen LogP contribution in [0.5, 0.6) is 0 Å². The van der Waals surface area contributed by atoms with Crippen LogP contribution in [0.25, 0.3) is 21.7 Å². The van der Waals surface area contributed by atoms with Gasteiger partial charge in [0.15, 0.2) is 0 Å². The largest absolute Gasteiger partial charge is 0.383 e. The normalized spacial score (nSPS) is 14.9. The summed E-state index contributed by atoms with van der Waals surface area (Å²) in [5.41, 5.74) is 4.04. The van der Waals surface area contributed by atoms with E-state index in [1.54, 1.807) is 10.8 Å². The summed E-state index contributed by atoms with van der Waals surface area (Å²) in [5.74, 6) is 0. The molecular formula is C33H35ClN8O. The van der Waals surface area contributed by atoms with Gasteiger partial charge in [0.25, 0.3) is 5.56 Å². The molecule has 0 radical (unpaired) electrons. The van der Waals surface area contributed by atoms with E-state index in [1.807, 2.05) is 60.4 Å². The summed E-state index contributed by atoms with van der Waals surface area (Å²) in [5, 5.41) is 28.8. The number of nitrogens with zero attached hydrogens (tertiary/aromatic N) is 6. The zero-order valence-corrected chi connectivity index (χ0v) is 25.8. The van der Waals surface area contributed by atoms with Gasteiger partial charge in [0.2, 0.25) is 0 Å². The number of nitrogens with one attached hydrogen (secondary N) is 2. The van der Waals surface area contributed by atoms with E-state index in [9.17, 15) is 10.1 Å². The molecule has 2 N–H and O–H groups in total. The fourth-order valence-corrected chi connectivity index (χ4v) is 5.64. The zero-order chi connectivity index (χ0) is 30.5. The molecule has 9 nitrogen and oxygen atoms in total. The van der Waals surface area contributed by atoms with Gasteiger partial charge in [-0.15, -0.1) is 5.10 Å². The van der Waals surface area contributed by atoms with E-state index < -0.39 is 6.04 Å². The van der Waals surface area contributed by atoms with Crippen LogP contribution in [-0.4, -0.2) is 31.1 Å². The van der Waals surface area contributed by atoms with Crippen molar-refractivity contribution in [1.82, 2.24) is 24.5 Å². The van der Waals surface area contributed by atoms with Crippen molar-refractivity contribution >= 4 is 44.7 Å². The Morgan fingerprint density at radius 2 is 1.95 bits per heavy atom. The van der Waals surface area contributed by atoms with Gasteiger partial charge in [-0.25, -0.2) is 4.68 Å². The number of anilines is 2. The number of benzene rings is 2. The topological polar surface area (TPSA) is 113 Å². The quantitative estimate of drug-likeness (QED) is 0.202. The monoisotopic (exact) mass is 594 g/mol. The summed E-state index contributed by atoms with van der Waals surface area (Å²) in [6.07, 6.45) is 7.49. The van der Waals surface area contributed by atoms with Crippen LogP contribution in [-0.2, 0) is 12.1 Å². The predicted octanol–water partition coefficient (Wildman–Crippen LogP) is 6.85. The average Bonchev–Trinajstić information content (AvgIpc) is 3.53. The van der Waals surface area contributed by atoms with Crippen LogP contribution in [0, 0.1) is 16.7 Å². The second kappa shape index (κ2) is 10.7. The maximum Gasteiger partial charge on any atom is 0.258 e. The molecule has 220 valence electrons. The van der Waals surface area contributed by atoms with Gasteiger partial charge in [-0.2, -0.15) is 5.26 Å². The Kier molecular flexibility index (Phi) is 7.13. The summed E-state index contributed by atoms with van der Waals surface area (Å²) in [6.45, 7) is 11.8. The highest BCUT2D eigenvalue weighted by Crippen LogP contribution is 2.43. The third-order valence-corrected chi connectivity index (χ3v) is 8.48. The summed E-state index contributed by atoms with van der Waals surface area (Å²) >= 11 is 6.83. The number of fused-ring (bicyclic) bond motifs is 2. The van der Waals surface area contributed by atoms with Crippen LogP contribution < -0.4 is 16.2 Å². The van der Waals surface area contributed by atoms with Gasteiger partial charge in [0.1, 0.15) is 11.8 Å². The van der Waals surface area contributed by atoms with Crippen LogP contribution in [0.15, 0.2) is 59.8 Å². The molecule has 1 aliphatic rings. The second-order valence-electron chi connectivity index (χ2n) is 12.8. The van der Waals surface area contributed by atoms with Gasteiger partial charge in [0, 0.05) is 41.9 Å². The summed E-state index contributed by atoms with van der Waals surface area (Å²) in [4.78, 5) is 17.8. The Morgan fingerprint density at radius 1 is 1.16 bits per heavy atom. The molecule has 0 saturated heterocycles. The van der Waals surface area contributed by atoms with Gasteiger partial charge < -0.3 is 15.2 Å². The van der Waals surface area contributed by atoms with Gasteiger partial charge in [-0.05, 0) is 67.3 Å².